The molecule has 0 bridgehead atoms. The summed E-state index contributed by atoms with van der Waals surface area (Å²) < 4.78 is 5.20. The van der Waals surface area contributed by atoms with Gasteiger partial charge < -0.3 is 9.84 Å². The van der Waals surface area contributed by atoms with Crippen molar-refractivity contribution in [3.63, 3.8) is 0 Å². The molecule has 0 saturated carbocycles. The first-order chi connectivity index (χ1) is 6.65. The van der Waals surface area contributed by atoms with E-state index in [0.717, 1.165) is 24.2 Å². The molecule has 2 heteroatoms. The smallest absolute Gasteiger partial charge is 0.125 e. The molecule has 0 aliphatic rings. The Morgan fingerprint density at radius 3 is 2.64 bits per heavy atom. The van der Waals surface area contributed by atoms with E-state index in [1.54, 1.807) is 19.2 Å². The zero-order valence-corrected chi connectivity index (χ0v) is 9.08. The van der Waals surface area contributed by atoms with Gasteiger partial charge in [-0.25, -0.2) is 0 Å². The molecule has 0 fully saturated rings. The van der Waals surface area contributed by atoms with E-state index in [-0.39, 0.29) is 0 Å². The van der Waals surface area contributed by atoms with Gasteiger partial charge in [-0.05, 0) is 30.9 Å². The molecule has 1 aromatic rings. The van der Waals surface area contributed by atoms with Gasteiger partial charge in [-0.1, -0.05) is 19.9 Å². The highest BCUT2D eigenvalue weighted by Crippen LogP contribution is 2.29. The summed E-state index contributed by atoms with van der Waals surface area (Å²) >= 11 is 0. The average Bonchev–Trinajstić information content (AvgIpc) is 2.15. The highest BCUT2D eigenvalue weighted by atomic mass is 16.5. The van der Waals surface area contributed by atoms with Gasteiger partial charge in [0.25, 0.3) is 0 Å². The molecule has 1 N–H and O–H groups in total. The standard InChI is InChI=1S/C12H18O2/c1-9(2)7-8-10-11(13)5-4-6-12(10)14-3/h4-6,9,13H,7-8H2,1-3H3. The SMILES string of the molecule is COc1cccc(O)c1CCC(C)C. The Morgan fingerprint density at radius 1 is 1.36 bits per heavy atom. The van der Waals surface area contributed by atoms with Crippen LogP contribution in [0, 0.1) is 5.92 Å². The normalized spacial score (nSPS) is 10.6. The van der Waals surface area contributed by atoms with Crippen LogP contribution < -0.4 is 4.74 Å². The van der Waals surface area contributed by atoms with E-state index in [9.17, 15) is 5.11 Å². The molecule has 14 heavy (non-hydrogen) atoms. The first-order valence-corrected chi connectivity index (χ1v) is 5.00. The summed E-state index contributed by atoms with van der Waals surface area (Å²) in [6.07, 6.45) is 1.93. The van der Waals surface area contributed by atoms with Crippen LogP contribution in [0.5, 0.6) is 11.5 Å². The summed E-state index contributed by atoms with van der Waals surface area (Å²) in [5, 5.41) is 9.66. The van der Waals surface area contributed by atoms with Crippen LogP contribution >= 0.6 is 0 Å². The van der Waals surface area contributed by atoms with E-state index in [4.69, 9.17) is 4.74 Å². The predicted molar refractivity (Wildman–Crippen MR) is 57.8 cm³/mol. The molecule has 2 nitrogen and oxygen atoms in total. The van der Waals surface area contributed by atoms with Gasteiger partial charge in [0.15, 0.2) is 0 Å². The minimum atomic E-state index is 0.338. The van der Waals surface area contributed by atoms with Crippen molar-refractivity contribution in [3.8, 4) is 11.5 Å². The van der Waals surface area contributed by atoms with Gasteiger partial charge in [0, 0.05) is 5.56 Å². The lowest BCUT2D eigenvalue weighted by atomic mass is 10.0. The van der Waals surface area contributed by atoms with E-state index in [2.05, 4.69) is 13.8 Å². The van der Waals surface area contributed by atoms with Crippen LogP contribution in [0.1, 0.15) is 25.8 Å². The van der Waals surface area contributed by atoms with Gasteiger partial charge in [0.1, 0.15) is 11.5 Å². The molecule has 0 aliphatic heterocycles. The second kappa shape index (κ2) is 4.89. The number of phenolic OH excluding ortho intramolecular Hbond substituents is 1. The minimum absolute atomic E-state index is 0.338. The Kier molecular flexibility index (Phi) is 3.81. The third-order valence-electron chi connectivity index (χ3n) is 2.30. The molecular formula is C12H18O2. The van der Waals surface area contributed by atoms with Crippen molar-refractivity contribution in [2.24, 2.45) is 5.92 Å². The van der Waals surface area contributed by atoms with Crippen molar-refractivity contribution in [1.82, 2.24) is 0 Å². The number of hydrogen-bond acceptors (Lipinski definition) is 2. The fraction of sp³-hybridized carbons (Fsp3) is 0.500. The summed E-state index contributed by atoms with van der Waals surface area (Å²) in [6, 6.07) is 5.39. The number of ether oxygens (including phenoxy) is 1. The monoisotopic (exact) mass is 194 g/mol. The van der Waals surface area contributed by atoms with E-state index in [1.807, 2.05) is 6.07 Å². The lowest BCUT2D eigenvalue weighted by Crippen LogP contribution is -1.96. The predicted octanol–water partition coefficient (Wildman–Crippen LogP) is 2.99. The summed E-state index contributed by atoms with van der Waals surface area (Å²) in [4.78, 5) is 0. The Bertz CT molecular complexity index is 292. The summed E-state index contributed by atoms with van der Waals surface area (Å²) in [5.41, 5.74) is 0.920. The maximum absolute atomic E-state index is 9.66. The van der Waals surface area contributed by atoms with Crippen molar-refractivity contribution in [2.45, 2.75) is 26.7 Å². The number of benzene rings is 1. The van der Waals surface area contributed by atoms with E-state index in [1.165, 1.54) is 0 Å². The van der Waals surface area contributed by atoms with Crippen LogP contribution in [0.25, 0.3) is 0 Å². The maximum Gasteiger partial charge on any atom is 0.125 e. The van der Waals surface area contributed by atoms with Crippen LogP contribution in [0.4, 0.5) is 0 Å². The molecule has 0 amide bonds. The number of phenols is 1. The lowest BCUT2D eigenvalue weighted by Gasteiger charge is -2.11. The molecule has 0 unspecified atom stereocenters. The van der Waals surface area contributed by atoms with Gasteiger partial charge in [0.05, 0.1) is 7.11 Å². The molecule has 0 saturated heterocycles. The van der Waals surface area contributed by atoms with E-state index >= 15 is 0 Å². The number of hydrogen-bond donors (Lipinski definition) is 1. The molecule has 0 spiro atoms. The van der Waals surface area contributed by atoms with Gasteiger partial charge in [-0.15, -0.1) is 0 Å². The van der Waals surface area contributed by atoms with E-state index in [0.29, 0.717) is 11.7 Å². The van der Waals surface area contributed by atoms with Crippen molar-refractivity contribution in [2.75, 3.05) is 7.11 Å². The van der Waals surface area contributed by atoms with Crippen molar-refractivity contribution in [3.05, 3.63) is 23.8 Å². The Balaban J connectivity index is 2.82. The summed E-state index contributed by atoms with van der Waals surface area (Å²) in [5.74, 6) is 1.76. The Morgan fingerprint density at radius 2 is 2.07 bits per heavy atom. The zero-order chi connectivity index (χ0) is 10.6. The molecule has 0 radical (unpaired) electrons. The quantitative estimate of drug-likeness (QED) is 0.798. The van der Waals surface area contributed by atoms with Crippen LogP contribution in [-0.2, 0) is 6.42 Å². The summed E-state index contributed by atoms with van der Waals surface area (Å²) in [7, 11) is 1.63. The fourth-order valence-corrected chi connectivity index (χ4v) is 1.43. The highest BCUT2D eigenvalue weighted by Gasteiger charge is 2.08. The molecular weight excluding hydrogens is 176 g/mol. The molecule has 0 atom stereocenters. The third-order valence-corrected chi connectivity index (χ3v) is 2.30. The second-order valence-electron chi connectivity index (χ2n) is 3.89. The van der Waals surface area contributed by atoms with Crippen LogP contribution in [0.15, 0.2) is 18.2 Å². The largest absolute Gasteiger partial charge is 0.508 e. The molecule has 0 aliphatic carbocycles. The van der Waals surface area contributed by atoms with E-state index < -0.39 is 0 Å². The molecule has 0 aromatic heterocycles. The molecule has 1 aromatic carbocycles. The molecule has 1 rings (SSSR count). The lowest BCUT2D eigenvalue weighted by molar-refractivity contribution is 0.396. The maximum atomic E-state index is 9.66. The van der Waals surface area contributed by atoms with Crippen LogP contribution in [0.3, 0.4) is 0 Å². The zero-order valence-electron chi connectivity index (χ0n) is 9.08. The van der Waals surface area contributed by atoms with Crippen LogP contribution in [-0.4, -0.2) is 12.2 Å². The average molecular weight is 194 g/mol. The fourth-order valence-electron chi connectivity index (χ4n) is 1.43. The van der Waals surface area contributed by atoms with Crippen molar-refractivity contribution < 1.29 is 9.84 Å². The highest BCUT2D eigenvalue weighted by molar-refractivity contribution is 5.43. The first-order valence-electron chi connectivity index (χ1n) is 5.00. The Hall–Kier alpha value is -1.18. The van der Waals surface area contributed by atoms with Crippen molar-refractivity contribution in [1.29, 1.82) is 0 Å². The van der Waals surface area contributed by atoms with Gasteiger partial charge >= 0.3 is 0 Å². The molecule has 78 valence electrons. The minimum Gasteiger partial charge on any atom is -0.508 e. The second-order valence-corrected chi connectivity index (χ2v) is 3.89. The number of aromatic hydroxyl groups is 1. The topological polar surface area (TPSA) is 29.5 Å². The van der Waals surface area contributed by atoms with Gasteiger partial charge in [0.2, 0.25) is 0 Å². The van der Waals surface area contributed by atoms with Gasteiger partial charge in [-0.3, -0.25) is 0 Å². The van der Waals surface area contributed by atoms with Crippen molar-refractivity contribution >= 4 is 0 Å². The third kappa shape index (κ3) is 2.66. The summed E-state index contributed by atoms with van der Waals surface area (Å²) in [6.45, 7) is 4.35. The first kappa shape index (κ1) is 10.9. The Labute approximate surface area is 85.5 Å². The molecule has 0 heterocycles. The number of methoxy groups -OCH3 is 1. The van der Waals surface area contributed by atoms with Gasteiger partial charge in [-0.2, -0.15) is 0 Å². The number of rotatable bonds is 4. The van der Waals surface area contributed by atoms with Crippen LogP contribution in [0.2, 0.25) is 0 Å².